The maximum absolute atomic E-state index is 12.2. The highest BCUT2D eigenvalue weighted by Crippen LogP contribution is 2.25. The van der Waals surface area contributed by atoms with E-state index >= 15 is 0 Å². The van der Waals surface area contributed by atoms with E-state index in [4.69, 9.17) is 4.74 Å². The van der Waals surface area contributed by atoms with Crippen molar-refractivity contribution >= 4 is 5.97 Å². The van der Waals surface area contributed by atoms with E-state index in [0.29, 0.717) is 6.04 Å². The molecule has 1 saturated carbocycles. The van der Waals surface area contributed by atoms with E-state index in [9.17, 15) is 4.79 Å². The maximum Gasteiger partial charge on any atom is 0.327 e. The molecule has 0 aromatic heterocycles. The second kappa shape index (κ2) is 6.89. The molecule has 20 heavy (non-hydrogen) atoms. The number of methoxy groups -OCH3 is 1. The van der Waals surface area contributed by atoms with Gasteiger partial charge in [0.15, 0.2) is 0 Å². The highest BCUT2D eigenvalue weighted by molar-refractivity contribution is 5.78. The Bertz CT molecular complexity index is 464. The van der Waals surface area contributed by atoms with Crippen molar-refractivity contribution in [3.05, 3.63) is 34.9 Å². The monoisotopic (exact) mass is 275 g/mol. The van der Waals surface area contributed by atoms with Gasteiger partial charge in [0.05, 0.1) is 7.11 Å². The fourth-order valence-electron chi connectivity index (χ4n) is 2.98. The lowest BCUT2D eigenvalue weighted by Gasteiger charge is -2.28. The minimum atomic E-state index is -0.344. The number of ether oxygens (including phenoxy) is 1. The van der Waals surface area contributed by atoms with Crippen molar-refractivity contribution < 1.29 is 9.53 Å². The fraction of sp³-hybridized carbons (Fsp3) is 0.588. The fourth-order valence-corrected chi connectivity index (χ4v) is 2.98. The third-order valence-electron chi connectivity index (χ3n) is 4.19. The summed E-state index contributed by atoms with van der Waals surface area (Å²) in [6.07, 6.45) is 6.11. The first-order valence-corrected chi connectivity index (χ1v) is 7.53. The summed E-state index contributed by atoms with van der Waals surface area (Å²) < 4.78 is 5.00. The molecule has 0 amide bonds. The SMILES string of the molecule is COC(=O)C(NC1CCCCC1)c1cc(C)ccc1C. The molecule has 1 aromatic rings. The molecule has 1 aliphatic carbocycles. The Morgan fingerprint density at radius 3 is 2.60 bits per heavy atom. The van der Waals surface area contributed by atoms with Gasteiger partial charge in [0.1, 0.15) is 6.04 Å². The molecule has 110 valence electrons. The van der Waals surface area contributed by atoms with Crippen LogP contribution in [0.4, 0.5) is 0 Å². The molecule has 3 nitrogen and oxygen atoms in total. The van der Waals surface area contributed by atoms with Crippen LogP contribution >= 0.6 is 0 Å². The molecule has 1 aliphatic rings. The average Bonchev–Trinajstić information content (AvgIpc) is 2.48. The molecule has 0 bridgehead atoms. The van der Waals surface area contributed by atoms with Crippen LogP contribution in [0.3, 0.4) is 0 Å². The molecule has 2 rings (SSSR count). The zero-order valence-electron chi connectivity index (χ0n) is 12.7. The zero-order valence-corrected chi connectivity index (χ0v) is 12.7. The van der Waals surface area contributed by atoms with Crippen LogP contribution in [0.1, 0.15) is 54.8 Å². The van der Waals surface area contributed by atoms with Crippen LogP contribution in [0.5, 0.6) is 0 Å². The maximum atomic E-state index is 12.2. The van der Waals surface area contributed by atoms with Gasteiger partial charge in [0.25, 0.3) is 0 Å². The van der Waals surface area contributed by atoms with Crippen molar-refractivity contribution in [1.82, 2.24) is 5.32 Å². The number of carbonyl (C=O) groups is 1. The van der Waals surface area contributed by atoms with E-state index in [2.05, 4.69) is 30.4 Å². The van der Waals surface area contributed by atoms with E-state index in [-0.39, 0.29) is 12.0 Å². The summed E-state index contributed by atoms with van der Waals surface area (Å²) in [5, 5.41) is 3.52. The van der Waals surface area contributed by atoms with Gasteiger partial charge in [0.2, 0.25) is 0 Å². The number of benzene rings is 1. The van der Waals surface area contributed by atoms with Crippen molar-refractivity contribution in [2.75, 3.05) is 7.11 Å². The van der Waals surface area contributed by atoms with Gasteiger partial charge >= 0.3 is 5.97 Å². The third-order valence-corrected chi connectivity index (χ3v) is 4.19. The quantitative estimate of drug-likeness (QED) is 0.855. The van der Waals surface area contributed by atoms with Gasteiger partial charge in [-0.3, -0.25) is 5.32 Å². The summed E-state index contributed by atoms with van der Waals surface area (Å²) in [6.45, 7) is 4.10. The Morgan fingerprint density at radius 1 is 1.25 bits per heavy atom. The first kappa shape index (κ1) is 15.0. The lowest BCUT2D eigenvalue weighted by Crippen LogP contribution is -2.39. The Labute approximate surface area is 121 Å². The molecule has 0 saturated heterocycles. The highest BCUT2D eigenvalue weighted by atomic mass is 16.5. The summed E-state index contributed by atoms with van der Waals surface area (Å²) in [4.78, 5) is 12.2. The van der Waals surface area contributed by atoms with Crippen LogP contribution < -0.4 is 5.32 Å². The minimum absolute atomic E-state index is 0.190. The molecule has 3 heteroatoms. The molecule has 0 heterocycles. The Morgan fingerprint density at radius 2 is 1.95 bits per heavy atom. The van der Waals surface area contributed by atoms with Gasteiger partial charge in [-0.25, -0.2) is 4.79 Å². The number of hydrogen-bond donors (Lipinski definition) is 1. The normalized spacial score (nSPS) is 17.8. The van der Waals surface area contributed by atoms with Gasteiger partial charge in [-0.05, 0) is 37.8 Å². The average molecular weight is 275 g/mol. The van der Waals surface area contributed by atoms with Crippen molar-refractivity contribution in [2.45, 2.75) is 58.0 Å². The molecule has 0 spiro atoms. The second-order valence-corrected chi connectivity index (χ2v) is 5.82. The highest BCUT2D eigenvalue weighted by Gasteiger charge is 2.26. The first-order chi connectivity index (χ1) is 9.61. The number of rotatable bonds is 4. The van der Waals surface area contributed by atoms with E-state index in [1.54, 1.807) is 0 Å². The Kier molecular flexibility index (Phi) is 5.18. The van der Waals surface area contributed by atoms with Crippen LogP contribution in [0, 0.1) is 13.8 Å². The standard InChI is InChI=1S/C17H25NO2/c1-12-9-10-13(2)15(11-12)16(17(19)20-3)18-14-7-5-4-6-8-14/h9-11,14,16,18H,4-8H2,1-3H3. The van der Waals surface area contributed by atoms with E-state index in [1.165, 1.54) is 31.9 Å². The van der Waals surface area contributed by atoms with Crippen LogP contribution in [0.25, 0.3) is 0 Å². The summed E-state index contributed by atoms with van der Waals surface area (Å²) in [5.41, 5.74) is 3.35. The topological polar surface area (TPSA) is 38.3 Å². The summed E-state index contributed by atoms with van der Waals surface area (Å²) >= 11 is 0. The summed E-state index contributed by atoms with van der Waals surface area (Å²) in [6, 6.07) is 6.32. The largest absolute Gasteiger partial charge is 0.468 e. The predicted octanol–water partition coefficient (Wildman–Crippen LogP) is 3.44. The van der Waals surface area contributed by atoms with Gasteiger partial charge in [0, 0.05) is 6.04 Å². The van der Waals surface area contributed by atoms with Crippen LogP contribution in [0.15, 0.2) is 18.2 Å². The molecule has 0 aliphatic heterocycles. The van der Waals surface area contributed by atoms with E-state index in [1.807, 2.05) is 6.92 Å². The van der Waals surface area contributed by atoms with Crippen LogP contribution in [-0.4, -0.2) is 19.1 Å². The molecular weight excluding hydrogens is 250 g/mol. The predicted molar refractivity (Wildman–Crippen MR) is 80.7 cm³/mol. The minimum Gasteiger partial charge on any atom is -0.468 e. The smallest absolute Gasteiger partial charge is 0.327 e. The molecule has 1 atom stereocenters. The van der Waals surface area contributed by atoms with Gasteiger partial charge in [-0.2, -0.15) is 0 Å². The number of hydrogen-bond acceptors (Lipinski definition) is 3. The molecule has 1 fully saturated rings. The van der Waals surface area contributed by atoms with Gasteiger partial charge in [-0.15, -0.1) is 0 Å². The number of carbonyl (C=O) groups excluding carboxylic acids is 1. The van der Waals surface area contributed by atoms with Gasteiger partial charge < -0.3 is 4.74 Å². The van der Waals surface area contributed by atoms with Crippen molar-refractivity contribution in [3.63, 3.8) is 0 Å². The lowest BCUT2D eigenvalue weighted by molar-refractivity contribution is -0.143. The Hall–Kier alpha value is -1.35. The molecule has 1 N–H and O–H groups in total. The zero-order chi connectivity index (χ0) is 14.5. The number of nitrogens with one attached hydrogen (secondary N) is 1. The molecule has 1 unspecified atom stereocenters. The van der Waals surface area contributed by atoms with Crippen LogP contribution in [-0.2, 0) is 9.53 Å². The van der Waals surface area contributed by atoms with Gasteiger partial charge in [-0.1, -0.05) is 43.0 Å². The molecule has 1 aromatic carbocycles. The van der Waals surface area contributed by atoms with Crippen molar-refractivity contribution in [3.8, 4) is 0 Å². The van der Waals surface area contributed by atoms with Crippen molar-refractivity contribution in [2.24, 2.45) is 0 Å². The lowest BCUT2D eigenvalue weighted by atomic mass is 9.92. The van der Waals surface area contributed by atoms with Crippen LogP contribution in [0.2, 0.25) is 0 Å². The molecule has 0 radical (unpaired) electrons. The number of esters is 1. The van der Waals surface area contributed by atoms with E-state index in [0.717, 1.165) is 24.0 Å². The third kappa shape index (κ3) is 3.60. The van der Waals surface area contributed by atoms with E-state index < -0.39 is 0 Å². The van der Waals surface area contributed by atoms with Crippen molar-refractivity contribution in [1.29, 1.82) is 0 Å². The first-order valence-electron chi connectivity index (χ1n) is 7.53. The Balaban J connectivity index is 2.22. The summed E-state index contributed by atoms with van der Waals surface area (Å²) in [7, 11) is 1.46. The summed E-state index contributed by atoms with van der Waals surface area (Å²) in [5.74, 6) is -0.190. The molecular formula is C17H25NO2. The number of aryl methyl sites for hydroxylation is 2. The second-order valence-electron chi connectivity index (χ2n) is 5.82.